The lowest BCUT2D eigenvalue weighted by molar-refractivity contribution is 0.630. The van der Waals surface area contributed by atoms with Crippen molar-refractivity contribution < 1.29 is 0 Å². The second kappa shape index (κ2) is 5.85. The van der Waals surface area contributed by atoms with Gasteiger partial charge < -0.3 is 11.1 Å². The first kappa shape index (κ1) is 12.9. The number of hydrogen-bond acceptors (Lipinski definition) is 3. The third-order valence-corrected chi connectivity index (χ3v) is 3.02. The highest BCUT2D eigenvalue weighted by Crippen LogP contribution is 2.27. The average Bonchev–Trinajstić information content (AvgIpc) is 2.37. The Labute approximate surface area is 112 Å². The molecule has 0 fully saturated rings. The van der Waals surface area contributed by atoms with E-state index < -0.39 is 0 Å². The number of halogens is 1. The topological polar surface area (TPSA) is 50.9 Å². The van der Waals surface area contributed by atoms with E-state index in [9.17, 15) is 0 Å². The summed E-state index contributed by atoms with van der Waals surface area (Å²) in [6.45, 7) is 2.90. The minimum atomic E-state index is 0.0161. The molecule has 0 spiro atoms. The molecular weight excluding hydrogens is 246 g/mol. The van der Waals surface area contributed by atoms with Gasteiger partial charge in [-0.2, -0.15) is 0 Å². The predicted octanol–water partition coefficient (Wildman–Crippen LogP) is 3.02. The normalized spacial score (nSPS) is 12.3. The highest BCUT2D eigenvalue weighted by atomic mass is 35.5. The molecule has 3 nitrogen and oxygen atoms in total. The Hall–Kier alpha value is -1.58. The van der Waals surface area contributed by atoms with E-state index in [0.717, 1.165) is 28.4 Å². The molecule has 0 radical (unpaired) electrons. The van der Waals surface area contributed by atoms with Crippen LogP contribution in [0.15, 0.2) is 42.7 Å². The first-order valence-electron chi connectivity index (χ1n) is 5.90. The maximum Gasteiger partial charge on any atom is 0.0613 e. The smallest absolute Gasteiger partial charge is 0.0613 e. The number of nitrogens with zero attached hydrogens (tertiary/aromatic N) is 1. The Bertz CT molecular complexity index is 528. The molecule has 2 rings (SSSR count). The van der Waals surface area contributed by atoms with Gasteiger partial charge in [-0.15, -0.1) is 0 Å². The van der Waals surface area contributed by atoms with Gasteiger partial charge in [-0.3, -0.25) is 4.98 Å². The molecule has 0 aliphatic rings. The SMILES string of the molecule is CCNC(c1cccc(Cl)c1)c1cnccc1N. The zero-order valence-electron chi connectivity index (χ0n) is 10.2. The lowest BCUT2D eigenvalue weighted by Crippen LogP contribution is -2.23. The maximum atomic E-state index is 6.04. The van der Waals surface area contributed by atoms with Crippen molar-refractivity contribution in [2.45, 2.75) is 13.0 Å². The highest BCUT2D eigenvalue weighted by molar-refractivity contribution is 6.30. The fraction of sp³-hybridized carbons (Fsp3) is 0.214. The van der Waals surface area contributed by atoms with Crippen molar-refractivity contribution in [2.24, 2.45) is 0 Å². The molecule has 0 saturated carbocycles. The van der Waals surface area contributed by atoms with Crippen LogP contribution >= 0.6 is 11.6 Å². The first-order chi connectivity index (χ1) is 8.72. The summed E-state index contributed by atoms with van der Waals surface area (Å²) < 4.78 is 0. The molecule has 94 valence electrons. The van der Waals surface area contributed by atoms with Gasteiger partial charge in [0, 0.05) is 28.7 Å². The van der Waals surface area contributed by atoms with Crippen LogP contribution in [0.5, 0.6) is 0 Å². The lowest BCUT2D eigenvalue weighted by atomic mass is 9.99. The van der Waals surface area contributed by atoms with Gasteiger partial charge in [0.2, 0.25) is 0 Å². The first-order valence-corrected chi connectivity index (χ1v) is 6.28. The number of anilines is 1. The molecule has 0 aliphatic heterocycles. The number of nitrogens with two attached hydrogens (primary N) is 1. The van der Waals surface area contributed by atoms with Gasteiger partial charge in [0.1, 0.15) is 0 Å². The number of aromatic nitrogens is 1. The molecule has 1 aromatic heterocycles. The van der Waals surface area contributed by atoms with E-state index in [2.05, 4.69) is 17.2 Å². The Balaban J connectivity index is 2.43. The van der Waals surface area contributed by atoms with E-state index in [4.69, 9.17) is 17.3 Å². The Morgan fingerprint density at radius 1 is 1.39 bits per heavy atom. The minimum absolute atomic E-state index is 0.0161. The van der Waals surface area contributed by atoms with Crippen LogP contribution in [0, 0.1) is 0 Å². The average molecular weight is 262 g/mol. The molecule has 1 aromatic carbocycles. The van der Waals surface area contributed by atoms with Crippen LogP contribution in [-0.4, -0.2) is 11.5 Å². The molecule has 1 atom stereocenters. The van der Waals surface area contributed by atoms with Crippen LogP contribution < -0.4 is 11.1 Å². The van der Waals surface area contributed by atoms with Crippen LogP contribution in [0.4, 0.5) is 5.69 Å². The van der Waals surface area contributed by atoms with Crippen LogP contribution in [0.25, 0.3) is 0 Å². The molecule has 3 N–H and O–H groups in total. The van der Waals surface area contributed by atoms with Crippen LogP contribution in [0.3, 0.4) is 0 Å². The third-order valence-electron chi connectivity index (χ3n) is 2.79. The largest absolute Gasteiger partial charge is 0.398 e. The van der Waals surface area contributed by atoms with Crippen LogP contribution in [0.1, 0.15) is 24.1 Å². The molecule has 0 bridgehead atoms. The van der Waals surface area contributed by atoms with Crippen LogP contribution in [-0.2, 0) is 0 Å². The number of pyridine rings is 1. The summed E-state index contributed by atoms with van der Waals surface area (Å²) in [5.41, 5.74) is 8.81. The van der Waals surface area contributed by atoms with Gasteiger partial charge in [0.15, 0.2) is 0 Å². The van der Waals surface area contributed by atoms with Gasteiger partial charge in [-0.05, 0) is 30.3 Å². The molecule has 0 amide bonds. The van der Waals surface area contributed by atoms with Crippen molar-refractivity contribution in [1.82, 2.24) is 10.3 Å². The maximum absolute atomic E-state index is 6.04. The summed E-state index contributed by atoms with van der Waals surface area (Å²) in [6, 6.07) is 9.61. The fourth-order valence-corrected chi connectivity index (χ4v) is 2.16. The molecular formula is C14H16ClN3. The van der Waals surface area contributed by atoms with E-state index in [0.29, 0.717) is 0 Å². The van der Waals surface area contributed by atoms with Gasteiger partial charge >= 0.3 is 0 Å². The molecule has 1 heterocycles. The minimum Gasteiger partial charge on any atom is -0.398 e. The van der Waals surface area contributed by atoms with Crippen molar-refractivity contribution >= 4 is 17.3 Å². The third kappa shape index (κ3) is 2.81. The number of rotatable bonds is 4. The summed E-state index contributed by atoms with van der Waals surface area (Å²) in [5.74, 6) is 0. The van der Waals surface area contributed by atoms with E-state index in [-0.39, 0.29) is 6.04 Å². The molecule has 2 aromatic rings. The van der Waals surface area contributed by atoms with E-state index >= 15 is 0 Å². The van der Waals surface area contributed by atoms with E-state index in [1.54, 1.807) is 12.4 Å². The van der Waals surface area contributed by atoms with E-state index in [1.165, 1.54) is 0 Å². The van der Waals surface area contributed by atoms with Crippen molar-refractivity contribution in [2.75, 3.05) is 12.3 Å². The second-order valence-electron chi connectivity index (χ2n) is 4.05. The Morgan fingerprint density at radius 2 is 2.22 bits per heavy atom. The van der Waals surface area contributed by atoms with Crippen molar-refractivity contribution in [1.29, 1.82) is 0 Å². The van der Waals surface area contributed by atoms with Gasteiger partial charge in [0.05, 0.1) is 6.04 Å². The van der Waals surface area contributed by atoms with Gasteiger partial charge in [-0.1, -0.05) is 30.7 Å². The summed E-state index contributed by atoms with van der Waals surface area (Å²) in [5, 5.41) is 4.12. The molecule has 1 unspecified atom stereocenters. The molecule has 0 saturated heterocycles. The fourth-order valence-electron chi connectivity index (χ4n) is 1.96. The Kier molecular flexibility index (Phi) is 4.18. The standard InChI is InChI=1S/C14H16ClN3/c1-2-18-14(10-4-3-5-11(15)8-10)12-9-17-7-6-13(12)16/h3-9,14,18H,2H2,1H3,(H2,16,17). The molecule has 18 heavy (non-hydrogen) atoms. The molecule has 4 heteroatoms. The summed E-state index contributed by atoms with van der Waals surface area (Å²) in [6.07, 6.45) is 3.49. The lowest BCUT2D eigenvalue weighted by Gasteiger charge is -2.20. The van der Waals surface area contributed by atoms with Gasteiger partial charge in [0.25, 0.3) is 0 Å². The quantitative estimate of drug-likeness (QED) is 0.890. The van der Waals surface area contributed by atoms with Crippen molar-refractivity contribution in [3.8, 4) is 0 Å². The summed E-state index contributed by atoms with van der Waals surface area (Å²) in [7, 11) is 0. The zero-order valence-corrected chi connectivity index (χ0v) is 11.0. The monoisotopic (exact) mass is 261 g/mol. The number of benzene rings is 1. The number of nitrogens with one attached hydrogen (secondary N) is 1. The summed E-state index contributed by atoms with van der Waals surface area (Å²) in [4.78, 5) is 4.14. The van der Waals surface area contributed by atoms with Crippen molar-refractivity contribution in [3.63, 3.8) is 0 Å². The number of hydrogen-bond donors (Lipinski definition) is 2. The zero-order chi connectivity index (χ0) is 13.0. The Morgan fingerprint density at radius 3 is 2.89 bits per heavy atom. The van der Waals surface area contributed by atoms with Crippen molar-refractivity contribution in [3.05, 3.63) is 58.9 Å². The van der Waals surface area contributed by atoms with Gasteiger partial charge in [-0.25, -0.2) is 0 Å². The summed E-state index contributed by atoms with van der Waals surface area (Å²) >= 11 is 6.04. The van der Waals surface area contributed by atoms with E-state index in [1.807, 2.05) is 30.3 Å². The predicted molar refractivity (Wildman–Crippen MR) is 75.6 cm³/mol. The number of nitrogen functional groups attached to an aromatic ring is 1. The highest BCUT2D eigenvalue weighted by Gasteiger charge is 2.15. The van der Waals surface area contributed by atoms with Crippen LogP contribution in [0.2, 0.25) is 5.02 Å². The molecule has 0 aliphatic carbocycles. The second-order valence-corrected chi connectivity index (χ2v) is 4.49.